The Morgan fingerprint density at radius 3 is 2.72 bits per heavy atom. The fourth-order valence-corrected chi connectivity index (χ4v) is 1.90. The Balaban J connectivity index is 2.19. The number of nitrogens with zero attached hydrogens (tertiary/aromatic N) is 2. The van der Waals surface area contributed by atoms with Gasteiger partial charge in [0.15, 0.2) is 5.82 Å². The van der Waals surface area contributed by atoms with Gasteiger partial charge in [-0.15, -0.1) is 11.3 Å². The van der Waals surface area contributed by atoms with Gasteiger partial charge in [-0.05, 0) is 20.8 Å². The van der Waals surface area contributed by atoms with Crippen molar-refractivity contribution in [2.45, 2.75) is 32.9 Å². The van der Waals surface area contributed by atoms with Crippen LogP contribution in [0.15, 0.2) is 21.9 Å². The third kappa shape index (κ3) is 3.24. The summed E-state index contributed by atoms with van der Waals surface area (Å²) in [6.45, 7) is 6.66. The molecular formula is C12H16N4OS. The summed E-state index contributed by atoms with van der Waals surface area (Å²) in [6.07, 6.45) is 1.60. The molecule has 5 nitrogen and oxygen atoms in total. The second-order valence-electron chi connectivity index (χ2n) is 5.06. The fourth-order valence-electron chi connectivity index (χ4n) is 1.37. The molecule has 2 N–H and O–H groups in total. The molecule has 0 aliphatic rings. The van der Waals surface area contributed by atoms with Gasteiger partial charge in [-0.1, -0.05) is 0 Å². The molecule has 0 bridgehead atoms. The van der Waals surface area contributed by atoms with Crippen LogP contribution in [-0.4, -0.2) is 20.5 Å². The lowest BCUT2D eigenvalue weighted by Gasteiger charge is -2.20. The lowest BCUT2D eigenvalue weighted by molar-refractivity contribution is 0.423. The van der Waals surface area contributed by atoms with Gasteiger partial charge in [-0.2, -0.15) is 0 Å². The van der Waals surface area contributed by atoms with Crippen molar-refractivity contribution in [1.82, 2.24) is 20.3 Å². The van der Waals surface area contributed by atoms with Crippen molar-refractivity contribution in [2.24, 2.45) is 0 Å². The number of aromatic amines is 1. The standard InChI is InChI=1S/C12H16N4OS/c1-12(2,3)15-5-8-4-13-10(16-11(8)17)9-6-18-7-14-9/h4,6-7,15H,5H2,1-3H3,(H,13,16,17). The maximum atomic E-state index is 11.9. The SMILES string of the molecule is CC(C)(C)NCc1cnc(-c2cscn2)[nH]c1=O. The monoisotopic (exact) mass is 264 g/mol. The molecule has 0 saturated heterocycles. The van der Waals surface area contributed by atoms with Crippen molar-refractivity contribution in [3.63, 3.8) is 0 Å². The van der Waals surface area contributed by atoms with E-state index in [1.165, 1.54) is 11.3 Å². The Labute approximate surface area is 109 Å². The molecule has 0 saturated carbocycles. The summed E-state index contributed by atoms with van der Waals surface area (Å²) in [4.78, 5) is 23.0. The predicted octanol–water partition coefficient (Wildman–Crippen LogP) is 1.78. The quantitative estimate of drug-likeness (QED) is 0.886. The Bertz CT molecular complexity index is 569. The van der Waals surface area contributed by atoms with Gasteiger partial charge in [-0.3, -0.25) is 4.79 Å². The van der Waals surface area contributed by atoms with Crippen LogP contribution in [0.1, 0.15) is 26.3 Å². The number of aromatic nitrogens is 3. The van der Waals surface area contributed by atoms with Gasteiger partial charge in [0.2, 0.25) is 0 Å². The highest BCUT2D eigenvalue weighted by Crippen LogP contribution is 2.12. The topological polar surface area (TPSA) is 70.7 Å². The van der Waals surface area contributed by atoms with Crippen LogP contribution in [0.2, 0.25) is 0 Å². The van der Waals surface area contributed by atoms with Crippen molar-refractivity contribution in [1.29, 1.82) is 0 Å². The lowest BCUT2D eigenvalue weighted by atomic mass is 10.1. The van der Waals surface area contributed by atoms with Crippen molar-refractivity contribution in [3.05, 3.63) is 33.0 Å². The molecule has 0 aromatic carbocycles. The molecule has 0 spiro atoms. The van der Waals surface area contributed by atoms with E-state index in [0.29, 0.717) is 23.6 Å². The minimum absolute atomic E-state index is 0.0278. The average Bonchev–Trinajstić information content (AvgIpc) is 2.79. The zero-order valence-electron chi connectivity index (χ0n) is 10.7. The van der Waals surface area contributed by atoms with Crippen LogP contribution in [0.3, 0.4) is 0 Å². The zero-order valence-corrected chi connectivity index (χ0v) is 11.5. The van der Waals surface area contributed by atoms with Crippen LogP contribution in [0, 0.1) is 0 Å². The molecule has 0 unspecified atom stereocenters. The predicted molar refractivity (Wildman–Crippen MR) is 72.6 cm³/mol. The van der Waals surface area contributed by atoms with E-state index in [-0.39, 0.29) is 11.1 Å². The first kappa shape index (κ1) is 12.9. The summed E-state index contributed by atoms with van der Waals surface area (Å²) >= 11 is 1.47. The van der Waals surface area contributed by atoms with E-state index in [0.717, 1.165) is 0 Å². The molecule has 0 radical (unpaired) electrons. The lowest BCUT2D eigenvalue weighted by Crippen LogP contribution is -2.36. The first-order valence-corrected chi connectivity index (χ1v) is 6.62. The Kier molecular flexibility index (Phi) is 3.58. The van der Waals surface area contributed by atoms with E-state index < -0.39 is 0 Å². The van der Waals surface area contributed by atoms with Crippen LogP contribution in [0.4, 0.5) is 0 Å². The van der Waals surface area contributed by atoms with Gasteiger partial charge in [0.1, 0.15) is 5.69 Å². The maximum Gasteiger partial charge on any atom is 0.255 e. The smallest absolute Gasteiger partial charge is 0.255 e. The van der Waals surface area contributed by atoms with Gasteiger partial charge in [-0.25, -0.2) is 9.97 Å². The van der Waals surface area contributed by atoms with Crippen molar-refractivity contribution in [3.8, 4) is 11.5 Å². The number of H-pyrrole nitrogens is 1. The van der Waals surface area contributed by atoms with E-state index in [4.69, 9.17) is 0 Å². The molecule has 2 aromatic heterocycles. The second kappa shape index (κ2) is 4.99. The summed E-state index contributed by atoms with van der Waals surface area (Å²) in [5.74, 6) is 0.515. The third-order valence-corrected chi connectivity index (χ3v) is 2.94. The molecule has 96 valence electrons. The van der Waals surface area contributed by atoms with Gasteiger partial charge in [0, 0.05) is 29.2 Å². The molecule has 2 heterocycles. The summed E-state index contributed by atoms with van der Waals surface area (Å²) in [6, 6.07) is 0. The summed E-state index contributed by atoms with van der Waals surface area (Å²) in [5, 5.41) is 5.11. The number of hydrogen-bond donors (Lipinski definition) is 2. The molecule has 6 heteroatoms. The van der Waals surface area contributed by atoms with Crippen LogP contribution in [0.5, 0.6) is 0 Å². The number of rotatable bonds is 3. The van der Waals surface area contributed by atoms with Crippen molar-refractivity contribution < 1.29 is 0 Å². The zero-order chi connectivity index (χ0) is 13.2. The largest absolute Gasteiger partial charge is 0.308 e. The highest BCUT2D eigenvalue weighted by molar-refractivity contribution is 7.07. The number of nitrogens with one attached hydrogen (secondary N) is 2. The summed E-state index contributed by atoms with van der Waals surface area (Å²) < 4.78 is 0. The highest BCUT2D eigenvalue weighted by Gasteiger charge is 2.11. The van der Waals surface area contributed by atoms with Gasteiger partial charge in [0.05, 0.1) is 5.51 Å². The highest BCUT2D eigenvalue weighted by atomic mass is 32.1. The minimum Gasteiger partial charge on any atom is -0.308 e. The fraction of sp³-hybridized carbons (Fsp3) is 0.417. The van der Waals surface area contributed by atoms with Crippen LogP contribution in [-0.2, 0) is 6.54 Å². The third-order valence-electron chi connectivity index (χ3n) is 2.36. The van der Waals surface area contributed by atoms with Gasteiger partial charge < -0.3 is 10.3 Å². The van der Waals surface area contributed by atoms with E-state index in [9.17, 15) is 4.79 Å². The molecule has 0 aliphatic heterocycles. The van der Waals surface area contributed by atoms with Gasteiger partial charge >= 0.3 is 0 Å². The Morgan fingerprint density at radius 2 is 2.17 bits per heavy atom. The summed E-state index contributed by atoms with van der Waals surface area (Å²) in [5.41, 5.74) is 2.89. The summed E-state index contributed by atoms with van der Waals surface area (Å²) in [7, 11) is 0. The van der Waals surface area contributed by atoms with E-state index in [2.05, 4.69) is 41.0 Å². The molecular weight excluding hydrogens is 248 g/mol. The van der Waals surface area contributed by atoms with Crippen LogP contribution < -0.4 is 10.9 Å². The molecule has 0 aliphatic carbocycles. The van der Waals surface area contributed by atoms with E-state index >= 15 is 0 Å². The maximum absolute atomic E-state index is 11.9. The number of hydrogen-bond acceptors (Lipinski definition) is 5. The van der Waals surface area contributed by atoms with Crippen molar-refractivity contribution in [2.75, 3.05) is 0 Å². The van der Waals surface area contributed by atoms with Crippen LogP contribution >= 0.6 is 11.3 Å². The molecule has 2 rings (SSSR count). The molecule has 18 heavy (non-hydrogen) atoms. The van der Waals surface area contributed by atoms with Gasteiger partial charge in [0.25, 0.3) is 5.56 Å². The van der Waals surface area contributed by atoms with E-state index in [1.807, 2.05) is 5.38 Å². The molecule has 0 fully saturated rings. The molecule has 0 atom stereocenters. The second-order valence-corrected chi connectivity index (χ2v) is 5.78. The average molecular weight is 264 g/mol. The molecule has 2 aromatic rings. The first-order valence-electron chi connectivity index (χ1n) is 5.67. The normalized spacial score (nSPS) is 11.7. The Morgan fingerprint density at radius 1 is 1.39 bits per heavy atom. The molecule has 0 amide bonds. The van der Waals surface area contributed by atoms with E-state index in [1.54, 1.807) is 11.7 Å². The van der Waals surface area contributed by atoms with Crippen molar-refractivity contribution >= 4 is 11.3 Å². The Hall–Kier alpha value is -1.53. The first-order chi connectivity index (χ1) is 8.46. The minimum atomic E-state index is -0.121. The van der Waals surface area contributed by atoms with Crippen LogP contribution in [0.25, 0.3) is 11.5 Å². The number of thiazole rings is 1.